The molecule has 0 fully saturated rings. The minimum Gasteiger partial charge on any atom is -0.205 e. The zero-order chi connectivity index (χ0) is 28.4. The Kier molecular flexibility index (Phi) is 21.6. The number of pyridine rings is 2. The van der Waals surface area contributed by atoms with Crippen LogP contribution in [0.1, 0.15) is 166 Å². The SMILES string of the molecule is CCCCCCCCc1cc[n+](CCCCCCCCCCCC[n+]2ccc(CCCCCCCC)cc2)cc1. The van der Waals surface area contributed by atoms with Crippen molar-refractivity contribution in [2.45, 2.75) is 181 Å². The molecule has 0 amide bonds. The fourth-order valence-electron chi connectivity index (χ4n) is 5.83. The first-order chi connectivity index (χ1) is 19.8. The van der Waals surface area contributed by atoms with E-state index < -0.39 is 0 Å². The van der Waals surface area contributed by atoms with Crippen LogP contribution in [0.25, 0.3) is 0 Å². The Morgan fingerprint density at radius 2 is 0.625 bits per heavy atom. The molecule has 0 saturated carbocycles. The van der Waals surface area contributed by atoms with Gasteiger partial charge in [-0.2, -0.15) is 0 Å². The van der Waals surface area contributed by atoms with Crippen LogP contribution >= 0.6 is 0 Å². The van der Waals surface area contributed by atoms with Crippen LogP contribution in [0.3, 0.4) is 0 Å². The van der Waals surface area contributed by atoms with Crippen LogP contribution in [0.15, 0.2) is 49.1 Å². The number of unbranched alkanes of at least 4 members (excludes halogenated alkanes) is 19. The van der Waals surface area contributed by atoms with Gasteiger partial charge in [0, 0.05) is 37.1 Å². The first-order valence-corrected chi connectivity index (χ1v) is 17.8. The summed E-state index contributed by atoms with van der Waals surface area (Å²) in [4.78, 5) is 0. The van der Waals surface area contributed by atoms with Gasteiger partial charge in [-0.1, -0.05) is 117 Å². The van der Waals surface area contributed by atoms with E-state index in [4.69, 9.17) is 0 Å². The zero-order valence-electron chi connectivity index (χ0n) is 26.9. The van der Waals surface area contributed by atoms with Crippen LogP contribution in [0.5, 0.6) is 0 Å². The lowest BCUT2D eigenvalue weighted by atomic mass is 10.1. The highest BCUT2D eigenvalue weighted by Crippen LogP contribution is 2.12. The Bertz CT molecular complexity index is 726. The molecule has 0 aliphatic carbocycles. The van der Waals surface area contributed by atoms with E-state index in [0.717, 1.165) is 0 Å². The molecule has 0 atom stereocenters. The third-order valence-electron chi connectivity index (χ3n) is 8.64. The quantitative estimate of drug-likeness (QED) is 0.0772. The summed E-state index contributed by atoms with van der Waals surface area (Å²) in [5.74, 6) is 0. The predicted octanol–water partition coefficient (Wildman–Crippen LogP) is 10.7. The first kappa shape index (κ1) is 34.5. The molecular weight excluding hydrogens is 484 g/mol. The highest BCUT2D eigenvalue weighted by Gasteiger charge is 2.03. The van der Waals surface area contributed by atoms with E-state index in [1.807, 2.05) is 0 Å². The first-order valence-electron chi connectivity index (χ1n) is 17.8. The minimum atomic E-state index is 1.18. The number of hydrogen-bond acceptors (Lipinski definition) is 0. The monoisotopic (exact) mass is 551 g/mol. The van der Waals surface area contributed by atoms with Gasteiger partial charge in [0.2, 0.25) is 0 Å². The summed E-state index contributed by atoms with van der Waals surface area (Å²) >= 11 is 0. The van der Waals surface area contributed by atoms with Gasteiger partial charge in [0.15, 0.2) is 24.8 Å². The molecule has 0 N–H and O–H groups in total. The molecule has 0 aliphatic rings. The van der Waals surface area contributed by atoms with Crippen LogP contribution in [0, 0.1) is 0 Å². The minimum absolute atomic E-state index is 1.18. The third-order valence-corrected chi connectivity index (χ3v) is 8.64. The normalized spacial score (nSPS) is 11.3. The molecule has 40 heavy (non-hydrogen) atoms. The summed E-state index contributed by atoms with van der Waals surface area (Å²) in [6.07, 6.45) is 42.2. The molecule has 0 aliphatic heterocycles. The molecule has 0 unspecified atom stereocenters. The smallest absolute Gasteiger partial charge is 0.169 e. The predicted molar refractivity (Wildman–Crippen MR) is 174 cm³/mol. The van der Waals surface area contributed by atoms with Crippen LogP contribution in [-0.2, 0) is 25.9 Å². The van der Waals surface area contributed by atoms with Gasteiger partial charge in [-0.15, -0.1) is 0 Å². The molecule has 2 aromatic heterocycles. The molecule has 2 rings (SSSR count). The van der Waals surface area contributed by atoms with Crippen molar-refractivity contribution in [3.63, 3.8) is 0 Å². The summed E-state index contributed by atoms with van der Waals surface area (Å²) in [5.41, 5.74) is 3.02. The van der Waals surface area contributed by atoms with E-state index in [-0.39, 0.29) is 0 Å². The Balaban J connectivity index is 1.35. The van der Waals surface area contributed by atoms with Gasteiger partial charge in [-0.3, -0.25) is 0 Å². The molecule has 0 spiro atoms. The second-order valence-corrected chi connectivity index (χ2v) is 12.5. The van der Waals surface area contributed by atoms with Crippen molar-refractivity contribution >= 4 is 0 Å². The van der Waals surface area contributed by atoms with Gasteiger partial charge in [0.1, 0.15) is 13.1 Å². The summed E-state index contributed by atoms with van der Waals surface area (Å²) in [7, 11) is 0. The van der Waals surface area contributed by atoms with E-state index in [0.29, 0.717) is 0 Å². The second kappa shape index (κ2) is 25.0. The maximum Gasteiger partial charge on any atom is 0.169 e. The van der Waals surface area contributed by atoms with Crippen LogP contribution in [0.4, 0.5) is 0 Å². The number of aryl methyl sites for hydroxylation is 4. The topological polar surface area (TPSA) is 7.76 Å². The largest absolute Gasteiger partial charge is 0.205 e. The summed E-state index contributed by atoms with van der Waals surface area (Å²) in [6, 6.07) is 9.38. The van der Waals surface area contributed by atoms with E-state index in [1.54, 1.807) is 0 Å². The molecule has 2 heteroatoms. The van der Waals surface area contributed by atoms with Crippen LogP contribution in [0.2, 0.25) is 0 Å². The summed E-state index contributed by atoms with van der Waals surface area (Å²) in [5, 5.41) is 0. The van der Waals surface area contributed by atoms with Crippen molar-refractivity contribution in [2.75, 3.05) is 0 Å². The average molecular weight is 551 g/mol. The molecule has 0 bridgehead atoms. The van der Waals surface area contributed by atoms with Crippen molar-refractivity contribution in [1.82, 2.24) is 0 Å². The van der Waals surface area contributed by atoms with Gasteiger partial charge in [0.05, 0.1) is 0 Å². The molecule has 0 saturated heterocycles. The van der Waals surface area contributed by atoms with Crippen molar-refractivity contribution in [3.8, 4) is 0 Å². The molecule has 0 radical (unpaired) electrons. The molecule has 226 valence electrons. The molecule has 2 aromatic rings. The molecule has 2 heterocycles. The van der Waals surface area contributed by atoms with Gasteiger partial charge < -0.3 is 0 Å². The molecule has 2 nitrogen and oxygen atoms in total. The summed E-state index contributed by atoms with van der Waals surface area (Å²) in [6.45, 7) is 6.94. The Morgan fingerprint density at radius 1 is 0.350 bits per heavy atom. The fraction of sp³-hybridized carbons (Fsp3) is 0.737. The second-order valence-electron chi connectivity index (χ2n) is 12.5. The summed E-state index contributed by atoms with van der Waals surface area (Å²) < 4.78 is 4.77. The third kappa shape index (κ3) is 18.6. The highest BCUT2D eigenvalue weighted by molar-refractivity contribution is 5.07. The standard InChI is InChI=1S/C38H66N2/c1-3-5-7-9-17-21-25-37-27-33-39(34-28-37)31-23-19-15-13-11-12-14-16-20-24-32-40-35-29-38(30-36-40)26-22-18-10-8-6-4-2/h27-30,33-36H,3-26,31-32H2,1-2H3/q+2. The molecule has 0 aromatic carbocycles. The number of hydrogen-bond donors (Lipinski definition) is 0. The van der Waals surface area contributed by atoms with Gasteiger partial charge >= 0.3 is 0 Å². The van der Waals surface area contributed by atoms with E-state index >= 15 is 0 Å². The maximum atomic E-state index is 2.38. The maximum absolute atomic E-state index is 2.38. The Hall–Kier alpha value is -1.70. The number of rotatable bonds is 27. The van der Waals surface area contributed by atoms with Crippen molar-refractivity contribution in [2.24, 2.45) is 0 Å². The van der Waals surface area contributed by atoms with Crippen molar-refractivity contribution in [3.05, 3.63) is 60.2 Å². The number of nitrogens with zero attached hydrogens (tertiary/aromatic N) is 2. The van der Waals surface area contributed by atoms with Crippen LogP contribution < -0.4 is 9.13 Å². The van der Waals surface area contributed by atoms with Crippen LogP contribution in [-0.4, -0.2) is 0 Å². The average Bonchev–Trinajstić information content (AvgIpc) is 2.98. The zero-order valence-corrected chi connectivity index (χ0v) is 26.9. The Morgan fingerprint density at radius 3 is 0.950 bits per heavy atom. The van der Waals surface area contributed by atoms with Gasteiger partial charge in [-0.25, -0.2) is 9.13 Å². The van der Waals surface area contributed by atoms with E-state index in [1.165, 1.54) is 178 Å². The highest BCUT2D eigenvalue weighted by atomic mass is 14.9. The Labute approximate surface area is 250 Å². The lowest BCUT2D eigenvalue weighted by Gasteiger charge is -2.03. The fourth-order valence-corrected chi connectivity index (χ4v) is 5.83. The lowest BCUT2D eigenvalue weighted by Crippen LogP contribution is -2.32. The van der Waals surface area contributed by atoms with Gasteiger partial charge in [-0.05, 0) is 49.7 Å². The molecular formula is C38H66N2+2. The van der Waals surface area contributed by atoms with Crippen molar-refractivity contribution in [1.29, 1.82) is 0 Å². The van der Waals surface area contributed by atoms with Crippen molar-refractivity contribution < 1.29 is 9.13 Å². The van der Waals surface area contributed by atoms with E-state index in [9.17, 15) is 0 Å². The van der Waals surface area contributed by atoms with Gasteiger partial charge in [0.25, 0.3) is 0 Å². The lowest BCUT2D eigenvalue weighted by molar-refractivity contribution is -0.697. The number of aromatic nitrogens is 2. The van der Waals surface area contributed by atoms with E-state index in [2.05, 4.69) is 72.0 Å².